The molecule has 0 spiro atoms. The Morgan fingerprint density at radius 2 is 1.65 bits per heavy atom. The molecule has 8 heteroatoms. The Labute approximate surface area is 203 Å². The molecular formula is C26H30N2O5S. The number of rotatable bonds is 8. The van der Waals surface area contributed by atoms with Gasteiger partial charge in [-0.15, -0.1) is 0 Å². The van der Waals surface area contributed by atoms with E-state index >= 15 is 0 Å². The molecule has 0 unspecified atom stereocenters. The van der Waals surface area contributed by atoms with Crippen molar-refractivity contribution in [2.45, 2.75) is 50.1 Å². The topological polar surface area (TPSA) is 105 Å². The van der Waals surface area contributed by atoms with Crippen molar-refractivity contribution in [3.05, 3.63) is 59.7 Å². The van der Waals surface area contributed by atoms with Gasteiger partial charge in [-0.3, -0.25) is 9.59 Å². The Balaban J connectivity index is 1.40. The number of hydrogen-bond donors (Lipinski definition) is 3. The van der Waals surface area contributed by atoms with Crippen molar-refractivity contribution >= 4 is 29.7 Å². The molecule has 34 heavy (non-hydrogen) atoms. The molecule has 2 aromatic rings. The third-order valence-corrected chi connectivity index (χ3v) is 7.53. The Morgan fingerprint density at radius 3 is 2.24 bits per heavy atom. The molecule has 4 rings (SSSR count). The number of benzene rings is 2. The third-order valence-electron chi connectivity index (χ3n) is 6.55. The number of thioether (sulfide) groups is 1. The first-order valence-electron chi connectivity index (χ1n) is 11.6. The Morgan fingerprint density at radius 1 is 1.06 bits per heavy atom. The van der Waals surface area contributed by atoms with Gasteiger partial charge in [-0.1, -0.05) is 48.5 Å². The van der Waals surface area contributed by atoms with E-state index in [0.29, 0.717) is 12.8 Å². The second-order valence-corrected chi connectivity index (χ2v) is 10.3. The van der Waals surface area contributed by atoms with Crippen LogP contribution in [-0.4, -0.2) is 52.8 Å². The summed E-state index contributed by atoms with van der Waals surface area (Å²) in [5, 5.41) is 14.7. The van der Waals surface area contributed by atoms with Crippen molar-refractivity contribution in [2.24, 2.45) is 0 Å². The molecule has 1 fully saturated rings. The van der Waals surface area contributed by atoms with Crippen LogP contribution in [0.1, 0.15) is 49.7 Å². The number of ether oxygens (including phenoxy) is 1. The van der Waals surface area contributed by atoms with Crippen molar-refractivity contribution in [3.63, 3.8) is 0 Å². The minimum Gasteiger partial charge on any atom is -0.481 e. The number of amides is 2. The highest BCUT2D eigenvalue weighted by molar-refractivity contribution is 7.99. The molecule has 2 amide bonds. The average Bonchev–Trinajstić information content (AvgIpc) is 3.11. The van der Waals surface area contributed by atoms with Gasteiger partial charge in [0.15, 0.2) is 0 Å². The molecule has 1 aliphatic heterocycles. The van der Waals surface area contributed by atoms with E-state index in [-0.39, 0.29) is 31.3 Å². The number of carbonyl (C=O) groups is 3. The van der Waals surface area contributed by atoms with E-state index in [2.05, 4.69) is 34.9 Å². The average molecular weight is 483 g/mol. The SMILES string of the molecule is C[C@@H](CC(=O)O)NC(=O)CC1(NC(=O)OCC2c3ccccc3-c3ccccc32)CCSCC1. The highest BCUT2D eigenvalue weighted by Crippen LogP contribution is 2.44. The Hall–Kier alpha value is -3.00. The molecule has 1 saturated heterocycles. The van der Waals surface area contributed by atoms with Crippen molar-refractivity contribution in [2.75, 3.05) is 18.1 Å². The molecular weight excluding hydrogens is 452 g/mol. The fraction of sp³-hybridized carbons (Fsp3) is 0.423. The van der Waals surface area contributed by atoms with E-state index in [4.69, 9.17) is 9.84 Å². The van der Waals surface area contributed by atoms with Crippen LogP contribution in [0.4, 0.5) is 4.79 Å². The normalized spacial score (nSPS) is 17.2. The summed E-state index contributed by atoms with van der Waals surface area (Å²) < 4.78 is 5.72. The lowest BCUT2D eigenvalue weighted by Crippen LogP contribution is -2.54. The van der Waals surface area contributed by atoms with E-state index in [1.807, 2.05) is 24.3 Å². The molecule has 1 heterocycles. The predicted octanol–water partition coefficient (Wildman–Crippen LogP) is 4.16. The van der Waals surface area contributed by atoms with Crippen LogP contribution < -0.4 is 10.6 Å². The minimum atomic E-state index is -0.964. The van der Waals surface area contributed by atoms with Crippen molar-refractivity contribution < 1.29 is 24.2 Å². The van der Waals surface area contributed by atoms with Gasteiger partial charge in [0.2, 0.25) is 5.91 Å². The lowest BCUT2D eigenvalue weighted by Gasteiger charge is -2.37. The molecule has 0 saturated carbocycles. The summed E-state index contributed by atoms with van der Waals surface area (Å²) in [7, 11) is 0. The molecule has 1 atom stereocenters. The zero-order valence-electron chi connectivity index (χ0n) is 19.2. The zero-order valence-corrected chi connectivity index (χ0v) is 20.0. The maximum absolute atomic E-state index is 12.9. The molecule has 2 aliphatic rings. The number of nitrogens with one attached hydrogen (secondary N) is 2. The largest absolute Gasteiger partial charge is 0.481 e. The lowest BCUT2D eigenvalue weighted by atomic mass is 9.88. The van der Waals surface area contributed by atoms with Crippen LogP contribution in [0.2, 0.25) is 0 Å². The van der Waals surface area contributed by atoms with Crippen molar-refractivity contribution in [1.29, 1.82) is 0 Å². The summed E-state index contributed by atoms with van der Waals surface area (Å²) in [6.07, 6.45) is 0.738. The number of carbonyl (C=O) groups excluding carboxylic acids is 2. The molecule has 0 bridgehead atoms. The van der Waals surface area contributed by atoms with Gasteiger partial charge in [0.25, 0.3) is 0 Å². The van der Waals surface area contributed by atoms with E-state index in [0.717, 1.165) is 22.6 Å². The van der Waals surface area contributed by atoms with Gasteiger partial charge in [0.05, 0.1) is 12.0 Å². The number of fused-ring (bicyclic) bond motifs is 3. The lowest BCUT2D eigenvalue weighted by molar-refractivity contribution is -0.137. The maximum atomic E-state index is 12.9. The van der Waals surface area contributed by atoms with Crippen LogP contribution in [0.15, 0.2) is 48.5 Å². The van der Waals surface area contributed by atoms with Crippen LogP contribution in [0.5, 0.6) is 0 Å². The number of hydrogen-bond acceptors (Lipinski definition) is 5. The Bertz CT molecular complexity index is 1020. The fourth-order valence-corrected chi connectivity index (χ4v) is 6.18. The fourth-order valence-electron chi connectivity index (χ4n) is 4.91. The highest BCUT2D eigenvalue weighted by atomic mass is 32.2. The zero-order chi connectivity index (χ0) is 24.1. The van der Waals surface area contributed by atoms with Gasteiger partial charge in [-0.2, -0.15) is 11.8 Å². The van der Waals surface area contributed by atoms with Crippen LogP contribution in [0.25, 0.3) is 11.1 Å². The summed E-state index contributed by atoms with van der Waals surface area (Å²) in [4.78, 5) is 36.4. The third kappa shape index (κ3) is 5.55. The minimum absolute atomic E-state index is 0.0313. The van der Waals surface area contributed by atoms with Crippen molar-refractivity contribution in [1.82, 2.24) is 10.6 Å². The summed E-state index contributed by atoms with van der Waals surface area (Å²) >= 11 is 1.79. The standard InChI is InChI=1S/C26H30N2O5S/c1-17(14-24(30)31)27-23(29)15-26(10-12-34-13-11-26)28-25(32)33-16-22-20-8-4-2-6-18(20)19-7-3-5-9-21(19)22/h2-9,17,22H,10-16H2,1H3,(H,27,29)(H,28,32)(H,30,31)/t17-/m0/s1. The van der Waals surface area contributed by atoms with Gasteiger partial charge in [-0.25, -0.2) is 4.79 Å². The van der Waals surface area contributed by atoms with Gasteiger partial charge >= 0.3 is 12.1 Å². The van der Waals surface area contributed by atoms with E-state index in [1.165, 1.54) is 11.1 Å². The number of carboxylic acid groups (broad SMARTS) is 1. The quantitative estimate of drug-likeness (QED) is 0.522. The molecule has 1 aliphatic carbocycles. The Kier molecular flexibility index (Phi) is 7.46. The second-order valence-electron chi connectivity index (χ2n) is 9.09. The molecule has 180 valence electrons. The van der Waals surface area contributed by atoms with Gasteiger partial charge in [0.1, 0.15) is 6.61 Å². The number of carboxylic acids is 1. The van der Waals surface area contributed by atoms with Gasteiger partial charge < -0.3 is 20.5 Å². The van der Waals surface area contributed by atoms with Crippen molar-refractivity contribution in [3.8, 4) is 11.1 Å². The molecule has 3 N–H and O–H groups in total. The van der Waals surface area contributed by atoms with Crippen LogP contribution >= 0.6 is 11.8 Å². The molecule has 7 nitrogen and oxygen atoms in total. The van der Waals surface area contributed by atoms with Crippen LogP contribution in [-0.2, 0) is 14.3 Å². The van der Waals surface area contributed by atoms with E-state index < -0.39 is 23.6 Å². The monoisotopic (exact) mass is 482 g/mol. The summed E-state index contributed by atoms with van der Waals surface area (Å²) in [5.41, 5.74) is 3.93. The first kappa shape index (κ1) is 24.1. The number of alkyl carbamates (subject to hydrolysis) is 1. The summed E-state index contributed by atoms with van der Waals surface area (Å²) in [5.74, 6) is 0.410. The number of aliphatic carboxylic acids is 1. The first-order chi connectivity index (χ1) is 16.4. The van der Waals surface area contributed by atoms with Gasteiger partial charge in [-0.05, 0) is 53.5 Å². The summed E-state index contributed by atoms with van der Waals surface area (Å²) in [6.45, 7) is 1.88. The maximum Gasteiger partial charge on any atom is 0.407 e. The van der Waals surface area contributed by atoms with E-state index in [9.17, 15) is 14.4 Å². The van der Waals surface area contributed by atoms with Gasteiger partial charge in [0, 0.05) is 18.4 Å². The predicted molar refractivity (Wildman–Crippen MR) is 132 cm³/mol. The van der Waals surface area contributed by atoms with Crippen LogP contribution in [0.3, 0.4) is 0 Å². The highest BCUT2D eigenvalue weighted by Gasteiger charge is 2.37. The first-order valence-corrected chi connectivity index (χ1v) is 12.7. The van der Waals surface area contributed by atoms with Crippen LogP contribution in [0, 0.1) is 0 Å². The second kappa shape index (κ2) is 10.5. The van der Waals surface area contributed by atoms with E-state index in [1.54, 1.807) is 18.7 Å². The smallest absolute Gasteiger partial charge is 0.407 e. The summed E-state index contributed by atoms with van der Waals surface area (Å²) in [6, 6.07) is 15.9. The molecule has 0 radical (unpaired) electrons. The molecule has 2 aromatic carbocycles. The molecule has 0 aromatic heterocycles.